The Morgan fingerprint density at radius 2 is 1.45 bits per heavy atom. The molecule has 0 saturated carbocycles. The summed E-state index contributed by atoms with van der Waals surface area (Å²) < 4.78 is 1.76. The predicted octanol–water partition coefficient (Wildman–Crippen LogP) is 2.80. The van der Waals surface area contributed by atoms with Gasteiger partial charge in [-0.2, -0.15) is 0 Å². The molecule has 3 heterocycles. The second-order valence-corrected chi connectivity index (χ2v) is 5.51. The lowest BCUT2D eigenvalue weighted by Crippen LogP contribution is -1.96. The van der Waals surface area contributed by atoms with E-state index in [0.717, 1.165) is 14.5 Å². The quantitative estimate of drug-likeness (QED) is 0.604. The molecule has 0 aliphatic rings. The number of nitrogens with zero attached hydrogens (tertiary/aromatic N) is 4. The number of nitrogen functional groups attached to an aromatic ring is 2. The molecule has 0 fully saturated rings. The zero-order valence-electron chi connectivity index (χ0n) is 10.2. The third-order valence-corrected chi connectivity index (χ3v) is 3.07. The highest BCUT2D eigenvalue weighted by Gasteiger charge is 1.95. The number of hydrogen-bond donors (Lipinski definition) is 2. The van der Waals surface area contributed by atoms with Crippen LogP contribution >= 0.6 is 31.9 Å². The summed E-state index contributed by atoms with van der Waals surface area (Å²) in [6.07, 6.45) is 6.59. The minimum atomic E-state index is 0.373. The van der Waals surface area contributed by atoms with E-state index in [0.29, 0.717) is 17.2 Å². The number of fused-ring (bicyclic) bond motifs is 1. The molecule has 3 rings (SSSR count). The Morgan fingerprint density at radius 3 is 2.15 bits per heavy atom. The van der Waals surface area contributed by atoms with Crippen LogP contribution < -0.4 is 11.5 Å². The molecule has 0 aliphatic heterocycles. The zero-order valence-corrected chi connectivity index (χ0v) is 13.3. The van der Waals surface area contributed by atoms with Crippen molar-refractivity contribution >= 4 is 54.5 Å². The van der Waals surface area contributed by atoms with Gasteiger partial charge in [-0.25, -0.2) is 15.0 Å². The van der Waals surface area contributed by atoms with Crippen molar-refractivity contribution in [1.82, 2.24) is 19.9 Å². The highest BCUT2D eigenvalue weighted by atomic mass is 79.9. The third kappa shape index (κ3) is 3.84. The topological polar surface area (TPSA) is 104 Å². The molecular formula is C12H10Br2N6. The maximum atomic E-state index is 5.40. The van der Waals surface area contributed by atoms with Gasteiger partial charge in [0, 0.05) is 33.7 Å². The van der Waals surface area contributed by atoms with Crippen molar-refractivity contribution in [2.24, 2.45) is 0 Å². The fourth-order valence-electron chi connectivity index (χ4n) is 1.30. The minimum absolute atomic E-state index is 0.373. The Hall–Kier alpha value is -1.80. The van der Waals surface area contributed by atoms with Gasteiger partial charge in [0.15, 0.2) is 5.65 Å². The largest absolute Gasteiger partial charge is 0.396 e. The van der Waals surface area contributed by atoms with Crippen LogP contribution in [0.25, 0.3) is 11.2 Å². The van der Waals surface area contributed by atoms with Gasteiger partial charge in [-0.1, -0.05) is 0 Å². The predicted molar refractivity (Wildman–Crippen MR) is 85.8 cm³/mol. The molecule has 6 nitrogen and oxygen atoms in total. The second-order valence-electron chi connectivity index (χ2n) is 3.68. The molecular weight excluding hydrogens is 388 g/mol. The monoisotopic (exact) mass is 396 g/mol. The fraction of sp³-hybridized carbons (Fsp3) is 0. The van der Waals surface area contributed by atoms with Gasteiger partial charge < -0.3 is 11.5 Å². The van der Waals surface area contributed by atoms with E-state index in [1.165, 1.54) is 0 Å². The van der Waals surface area contributed by atoms with Crippen molar-refractivity contribution in [3.63, 3.8) is 0 Å². The molecule has 4 N–H and O–H groups in total. The number of nitrogens with two attached hydrogens (primary N) is 2. The first-order valence-electron chi connectivity index (χ1n) is 5.45. The zero-order chi connectivity index (χ0) is 14.5. The Bertz CT molecular complexity index is 734. The number of halogens is 2. The molecule has 0 amide bonds. The van der Waals surface area contributed by atoms with Crippen molar-refractivity contribution in [3.8, 4) is 0 Å². The molecule has 3 aromatic heterocycles. The maximum Gasteiger partial charge on any atom is 0.178 e. The van der Waals surface area contributed by atoms with Gasteiger partial charge in [0.05, 0.1) is 5.69 Å². The Kier molecular flexibility index (Phi) is 4.80. The molecule has 8 heteroatoms. The number of aromatic nitrogens is 4. The molecule has 0 radical (unpaired) electrons. The molecule has 0 aromatic carbocycles. The van der Waals surface area contributed by atoms with Crippen LogP contribution in [0.4, 0.5) is 11.5 Å². The van der Waals surface area contributed by atoms with Gasteiger partial charge in [0.2, 0.25) is 0 Å². The van der Waals surface area contributed by atoms with Crippen LogP contribution in [0, 0.1) is 0 Å². The van der Waals surface area contributed by atoms with Gasteiger partial charge in [0.1, 0.15) is 11.3 Å². The molecule has 3 aromatic rings. The van der Waals surface area contributed by atoms with E-state index in [9.17, 15) is 0 Å². The van der Waals surface area contributed by atoms with Crippen molar-refractivity contribution in [2.45, 2.75) is 0 Å². The lowest BCUT2D eigenvalue weighted by atomic mass is 10.4. The average molecular weight is 398 g/mol. The third-order valence-electron chi connectivity index (χ3n) is 2.21. The Labute approximate surface area is 131 Å². The van der Waals surface area contributed by atoms with E-state index in [2.05, 4.69) is 51.8 Å². The van der Waals surface area contributed by atoms with Gasteiger partial charge in [0.25, 0.3) is 0 Å². The van der Waals surface area contributed by atoms with Crippen LogP contribution in [0.1, 0.15) is 0 Å². The number of pyridine rings is 2. The van der Waals surface area contributed by atoms with E-state index in [-0.39, 0.29) is 0 Å². The number of anilines is 2. The first kappa shape index (κ1) is 14.6. The number of hydrogen-bond acceptors (Lipinski definition) is 6. The van der Waals surface area contributed by atoms with Gasteiger partial charge >= 0.3 is 0 Å². The Morgan fingerprint density at radius 1 is 0.800 bits per heavy atom. The SMILES string of the molecule is Brc1cnc2nccnc2c1.Nc1cc(Br)cnc1N. The van der Waals surface area contributed by atoms with Gasteiger partial charge in [-0.05, 0) is 44.0 Å². The summed E-state index contributed by atoms with van der Waals surface area (Å²) in [6, 6.07) is 3.59. The lowest BCUT2D eigenvalue weighted by molar-refractivity contribution is 1.22. The van der Waals surface area contributed by atoms with Crippen LogP contribution in [-0.2, 0) is 0 Å². The van der Waals surface area contributed by atoms with Crippen LogP contribution in [-0.4, -0.2) is 19.9 Å². The molecule has 0 saturated heterocycles. The van der Waals surface area contributed by atoms with Crippen molar-refractivity contribution in [1.29, 1.82) is 0 Å². The van der Waals surface area contributed by atoms with E-state index in [1.807, 2.05) is 6.07 Å². The van der Waals surface area contributed by atoms with E-state index in [1.54, 1.807) is 30.9 Å². The molecule has 0 atom stereocenters. The summed E-state index contributed by atoms with van der Waals surface area (Å²) in [5.41, 5.74) is 12.7. The van der Waals surface area contributed by atoms with E-state index < -0.39 is 0 Å². The van der Waals surface area contributed by atoms with Crippen LogP contribution in [0.15, 0.2) is 45.9 Å². The fourth-order valence-corrected chi connectivity index (χ4v) is 1.97. The molecule has 20 heavy (non-hydrogen) atoms. The summed E-state index contributed by atoms with van der Waals surface area (Å²) in [5, 5.41) is 0. The normalized spacial score (nSPS) is 9.90. The highest BCUT2D eigenvalue weighted by Crippen LogP contribution is 2.16. The van der Waals surface area contributed by atoms with E-state index >= 15 is 0 Å². The molecule has 0 aliphatic carbocycles. The van der Waals surface area contributed by atoms with Crippen LogP contribution in [0.5, 0.6) is 0 Å². The van der Waals surface area contributed by atoms with Gasteiger partial charge in [-0.15, -0.1) is 0 Å². The highest BCUT2D eigenvalue weighted by molar-refractivity contribution is 9.10. The minimum Gasteiger partial charge on any atom is -0.396 e. The molecule has 102 valence electrons. The summed E-state index contributed by atoms with van der Waals surface area (Å²) in [4.78, 5) is 16.0. The summed E-state index contributed by atoms with van der Waals surface area (Å²) >= 11 is 6.50. The maximum absolute atomic E-state index is 5.40. The lowest BCUT2D eigenvalue weighted by Gasteiger charge is -1.96. The smallest absolute Gasteiger partial charge is 0.178 e. The standard InChI is InChI=1S/C7H4BrN3.C5H6BrN3/c8-5-3-6-7(11-4-5)10-2-1-9-6;6-3-1-4(7)5(8)9-2-3/h1-4H;1-2H,7H2,(H2,8,9). The van der Waals surface area contributed by atoms with E-state index in [4.69, 9.17) is 11.5 Å². The molecule has 0 bridgehead atoms. The van der Waals surface area contributed by atoms with Crippen LogP contribution in [0.2, 0.25) is 0 Å². The van der Waals surface area contributed by atoms with Gasteiger partial charge in [-0.3, -0.25) is 4.98 Å². The number of rotatable bonds is 0. The van der Waals surface area contributed by atoms with Crippen molar-refractivity contribution < 1.29 is 0 Å². The molecule has 0 unspecified atom stereocenters. The summed E-state index contributed by atoms with van der Waals surface area (Å²) in [5.74, 6) is 0.373. The summed E-state index contributed by atoms with van der Waals surface area (Å²) in [7, 11) is 0. The van der Waals surface area contributed by atoms with Crippen LogP contribution in [0.3, 0.4) is 0 Å². The average Bonchev–Trinajstić information content (AvgIpc) is 2.44. The Balaban J connectivity index is 0.000000151. The first-order valence-corrected chi connectivity index (χ1v) is 7.03. The second kappa shape index (κ2) is 6.58. The summed E-state index contributed by atoms with van der Waals surface area (Å²) in [6.45, 7) is 0. The first-order chi connectivity index (χ1) is 9.56. The van der Waals surface area contributed by atoms with Crippen molar-refractivity contribution in [2.75, 3.05) is 11.5 Å². The van der Waals surface area contributed by atoms with Crippen molar-refractivity contribution in [3.05, 3.63) is 45.9 Å². The molecule has 0 spiro atoms.